The molecule has 0 radical (unpaired) electrons. The summed E-state index contributed by atoms with van der Waals surface area (Å²) < 4.78 is 0. The third-order valence-electron chi connectivity index (χ3n) is 5.13. The number of aliphatic carboxylic acids is 1. The molecular weight excluding hydrogens is 254 g/mol. The second-order valence-corrected chi connectivity index (χ2v) is 6.59. The molecule has 2 rings (SSSR count). The first-order valence-corrected chi connectivity index (χ1v) is 8.11. The fraction of sp³-hybridized carbons (Fsp3) is 0.875. The molecule has 2 aliphatic rings. The van der Waals surface area contributed by atoms with Crippen LogP contribution in [-0.2, 0) is 9.59 Å². The smallest absolute Gasteiger partial charge is 0.306 e. The summed E-state index contributed by atoms with van der Waals surface area (Å²) in [5.41, 5.74) is 0. The number of carbonyl (C=O) groups excluding carboxylic acids is 1. The minimum Gasteiger partial charge on any atom is -0.481 e. The fourth-order valence-corrected chi connectivity index (χ4v) is 3.71. The molecule has 114 valence electrons. The Morgan fingerprint density at radius 3 is 2.15 bits per heavy atom. The van der Waals surface area contributed by atoms with Gasteiger partial charge in [0.15, 0.2) is 0 Å². The van der Waals surface area contributed by atoms with Crippen LogP contribution in [0.4, 0.5) is 0 Å². The fourth-order valence-electron chi connectivity index (χ4n) is 3.71. The number of rotatable bonds is 4. The number of hydrogen-bond donors (Lipinski definition) is 2. The molecule has 0 bridgehead atoms. The van der Waals surface area contributed by atoms with Gasteiger partial charge in [-0.15, -0.1) is 0 Å². The highest BCUT2D eigenvalue weighted by Gasteiger charge is 2.34. The van der Waals surface area contributed by atoms with Gasteiger partial charge in [0.2, 0.25) is 5.91 Å². The predicted octanol–water partition coefficient (Wildman–Crippen LogP) is 2.96. The summed E-state index contributed by atoms with van der Waals surface area (Å²) in [4.78, 5) is 23.2. The van der Waals surface area contributed by atoms with E-state index in [0.717, 1.165) is 6.42 Å². The van der Waals surface area contributed by atoms with Crippen LogP contribution < -0.4 is 5.32 Å². The molecule has 20 heavy (non-hydrogen) atoms. The molecule has 3 atom stereocenters. The number of carboxylic acid groups (broad SMARTS) is 1. The lowest BCUT2D eigenvalue weighted by Gasteiger charge is -2.25. The van der Waals surface area contributed by atoms with E-state index in [1.165, 1.54) is 38.5 Å². The first-order valence-electron chi connectivity index (χ1n) is 8.11. The third kappa shape index (κ3) is 3.97. The first kappa shape index (κ1) is 15.3. The molecule has 4 nitrogen and oxygen atoms in total. The summed E-state index contributed by atoms with van der Waals surface area (Å²) >= 11 is 0. The van der Waals surface area contributed by atoms with Gasteiger partial charge in [-0.05, 0) is 44.9 Å². The molecular formula is C16H27NO3. The summed E-state index contributed by atoms with van der Waals surface area (Å²) in [5.74, 6) is -0.496. The molecule has 0 unspecified atom stereocenters. The monoisotopic (exact) mass is 281 g/mol. The van der Waals surface area contributed by atoms with Crippen LogP contribution >= 0.6 is 0 Å². The summed E-state index contributed by atoms with van der Waals surface area (Å²) in [6.07, 6.45) is 9.49. The van der Waals surface area contributed by atoms with Crippen molar-refractivity contribution >= 4 is 11.9 Å². The van der Waals surface area contributed by atoms with E-state index in [9.17, 15) is 9.59 Å². The van der Waals surface area contributed by atoms with Gasteiger partial charge in [-0.1, -0.05) is 25.7 Å². The second kappa shape index (κ2) is 7.09. The highest BCUT2D eigenvalue weighted by Crippen LogP contribution is 2.32. The van der Waals surface area contributed by atoms with Crippen LogP contribution in [0.15, 0.2) is 0 Å². The second-order valence-electron chi connectivity index (χ2n) is 6.59. The molecule has 0 aromatic heterocycles. The molecule has 0 heterocycles. The van der Waals surface area contributed by atoms with E-state index in [2.05, 4.69) is 12.2 Å². The minimum absolute atomic E-state index is 0.0745. The number of carbonyl (C=O) groups is 2. The van der Waals surface area contributed by atoms with Crippen LogP contribution in [0.5, 0.6) is 0 Å². The maximum atomic E-state index is 12.2. The van der Waals surface area contributed by atoms with Gasteiger partial charge in [0.05, 0.1) is 5.92 Å². The number of nitrogens with one attached hydrogen (secondary N) is 1. The zero-order chi connectivity index (χ0) is 14.5. The van der Waals surface area contributed by atoms with Crippen molar-refractivity contribution in [2.24, 2.45) is 17.8 Å². The summed E-state index contributed by atoms with van der Waals surface area (Å²) in [6.45, 7) is 2.11. The van der Waals surface area contributed by atoms with Gasteiger partial charge in [-0.25, -0.2) is 0 Å². The summed E-state index contributed by atoms with van der Waals surface area (Å²) in [7, 11) is 0. The zero-order valence-electron chi connectivity index (χ0n) is 12.4. The average molecular weight is 281 g/mol. The van der Waals surface area contributed by atoms with Crippen LogP contribution in [0.25, 0.3) is 0 Å². The van der Waals surface area contributed by atoms with Crippen molar-refractivity contribution < 1.29 is 14.7 Å². The van der Waals surface area contributed by atoms with Gasteiger partial charge < -0.3 is 10.4 Å². The number of hydrogen-bond acceptors (Lipinski definition) is 2. The van der Waals surface area contributed by atoms with E-state index in [0.29, 0.717) is 18.8 Å². The molecule has 1 amide bonds. The number of amides is 1. The Balaban J connectivity index is 1.80. The Hall–Kier alpha value is -1.06. The normalized spacial score (nSPS) is 29.6. The van der Waals surface area contributed by atoms with Crippen molar-refractivity contribution in [3.05, 3.63) is 0 Å². The lowest BCUT2D eigenvalue weighted by atomic mass is 9.92. The van der Waals surface area contributed by atoms with E-state index in [-0.39, 0.29) is 23.8 Å². The van der Waals surface area contributed by atoms with Crippen molar-refractivity contribution in [3.8, 4) is 0 Å². The van der Waals surface area contributed by atoms with Crippen LogP contribution in [0.3, 0.4) is 0 Å². The van der Waals surface area contributed by atoms with Gasteiger partial charge >= 0.3 is 5.97 Å². The van der Waals surface area contributed by atoms with E-state index < -0.39 is 5.97 Å². The molecule has 0 aliphatic heterocycles. The molecule has 2 aliphatic carbocycles. The molecule has 4 heteroatoms. The minimum atomic E-state index is -0.753. The Morgan fingerprint density at radius 2 is 1.60 bits per heavy atom. The summed E-state index contributed by atoms with van der Waals surface area (Å²) in [6, 6.07) is 0.226. The standard InChI is InChI=1S/C16H27NO3/c1-11(12-6-4-2-3-5-7-12)17-15(18)13-8-9-14(10-13)16(19)20/h11-14H,2-10H2,1H3,(H,17,18)(H,19,20)/t11-,13+,14-/m0/s1. The van der Waals surface area contributed by atoms with Gasteiger partial charge in [-0.2, -0.15) is 0 Å². The highest BCUT2D eigenvalue weighted by molar-refractivity contribution is 5.81. The van der Waals surface area contributed by atoms with Gasteiger partial charge in [0.25, 0.3) is 0 Å². The molecule has 0 saturated heterocycles. The number of carboxylic acids is 1. The van der Waals surface area contributed by atoms with Crippen LogP contribution in [-0.4, -0.2) is 23.0 Å². The third-order valence-corrected chi connectivity index (χ3v) is 5.13. The lowest BCUT2D eigenvalue weighted by Crippen LogP contribution is -2.41. The Bertz CT molecular complexity index is 348. The summed E-state index contributed by atoms with van der Waals surface area (Å²) in [5, 5.41) is 12.1. The van der Waals surface area contributed by atoms with Crippen LogP contribution in [0.1, 0.15) is 64.7 Å². The topological polar surface area (TPSA) is 66.4 Å². The Kier molecular flexibility index (Phi) is 5.44. The van der Waals surface area contributed by atoms with Crippen molar-refractivity contribution in [3.63, 3.8) is 0 Å². The van der Waals surface area contributed by atoms with Crippen molar-refractivity contribution in [1.29, 1.82) is 0 Å². The van der Waals surface area contributed by atoms with E-state index in [1.54, 1.807) is 0 Å². The average Bonchev–Trinajstić information content (AvgIpc) is 2.75. The van der Waals surface area contributed by atoms with Gasteiger partial charge in [-0.3, -0.25) is 9.59 Å². The quantitative estimate of drug-likeness (QED) is 0.779. The van der Waals surface area contributed by atoms with Crippen LogP contribution in [0, 0.1) is 17.8 Å². The maximum Gasteiger partial charge on any atom is 0.306 e. The van der Waals surface area contributed by atoms with E-state index in [4.69, 9.17) is 5.11 Å². The van der Waals surface area contributed by atoms with Gasteiger partial charge in [0.1, 0.15) is 0 Å². The van der Waals surface area contributed by atoms with Crippen molar-refractivity contribution in [2.75, 3.05) is 0 Å². The molecule has 2 fully saturated rings. The van der Waals surface area contributed by atoms with E-state index >= 15 is 0 Å². The first-order chi connectivity index (χ1) is 9.58. The molecule has 0 spiro atoms. The zero-order valence-corrected chi connectivity index (χ0v) is 12.4. The SMILES string of the molecule is C[C@H](NC(=O)[C@@H]1CC[C@H](C(=O)O)C1)C1CCCCCC1. The largest absolute Gasteiger partial charge is 0.481 e. The maximum absolute atomic E-state index is 12.2. The molecule has 0 aromatic rings. The molecule has 2 N–H and O–H groups in total. The highest BCUT2D eigenvalue weighted by atomic mass is 16.4. The van der Waals surface area contributed by atoms with Crippen molar-refractivity contribution in [2.45, 2.75) is 70.8 Å². The van der Waals surface area contributed by atoms with Crippen LogP contribution in [0.2, 0.25) is 0 Å². The predicted molar refractivity (Wildman–Crippen MR) is 77.3 cm³/mol. The van der Waals surface area contributed by atoms with Crippen molar-refractivity contribution in [1.82, 2.24) is 5.32 Å². The van der Waals surface area contributed by atoms with Gasteiger partial charge in [0, 0.05) is 12.0 Å². The lowest BCUT2D eigenvalue weighted by molar-refractivity contribution is -0.141. The Morgan fingerprint density at radius 1 is 1.00 bits per heavy atom. The molecule has 2 saturated carbocycles. The van der Waals surface area contributed by atoms with E-state index in [1.807, 2.05) is 0 Å². The molecule has 0 aromatic carbocycles. The Labute approximate surface area is 121 Å².